The van der Waals surface area contributed by atoms with Gasteiger partial charge in [-0.25, -0.2) is 9.97 Å². The highest BCUT2D eigenvalue weighted by Gasteiger charge is 2.51. The second-order valence-electron chi connectivity index (χ2n) is 17.1. The predicted octanol–water partition coefficient (Wildman–Crippen LogP) is 14.9. The molecule has 9 aromatic carbocycles. The highest BCUT2D eigenvalue weighted by atomic mass is 14.7. The lowest BCUT2D eigenvalue weighted by atomic mass is 9.70. The first-order valence-corrected chi connectivity index (χ1v) is 21.6. The maximum atomic E-state index is 10.2. The minimum Gasteiger partial charge on any atom is -0.247 e. The minimum atomic E-state index is -0.559. The summed E-state index contributed by atoms with van der Waals surface area (Å²) in [4.78, 5) is 11.0. The number of nitriles is 1. The Labute approximate surface area is 365 Å². The Morgan fingerprint density at radius 3 is 1.49 bits per heavy atom. The van der Waals surface area contributed by atoms with Gasteiger partial charge in [0.25, 0.3) is 0 Å². The zero-order valence-electron chi connectivity index (χ0n) is 34.7. The van der Waals surface area contributed by atoms with Crippen molar-refractivity contribution in [3.05, 3.63) is 227 Å². The first kappa shape index (κ1) is 35.6. The van der Waals surface area contributed by atoms with Crippen molar-refractivity contribution in [1.82, 2.24) is 9.97 Å². The van der Waals surface area contributed by atoms with E-state index >= 15 is 0 Å². The molecule has 0 atom stereocenters. The van der Waals surface area contributed by atoms with E-state index in [9.17, 15) is 5.26 Å². The zero-order valence-corrected chi connectivity index (χ0v) is 34.7. The van der Waals surface area contributed by atoms with Crippen molar-refractivity contribution in [2.45, 2.75) is 19.3 Å². The van der Waals surface area contributed by atoms with E-state index in [-0.39, 0.29) is 0 Å². The van der Waals surface area contributed by atoms with E-state index < -0.39 is 5.41 Å². The van der Waals surface area contributed by atoms with Crippen molar-refractivity contribution in [3.63, 3.8) is 0 Å². The van der Waals surface area contributed by atoms with Crippen molar-refractivity contribution in [3.8, 4) is 62.0 Å². The number of pyridine rings is 2. The molecule has 0 radical (unpaired) electrons. The number of rotatable bonds is 3. The molecule has 0 unspecified atom stereocenters. The Morgan fingerprint density at radius 2 is 0.857 bits per heavy atom. The fourth-order valence-corrected chi connectivity index (χ4v) is 11.4. The maximum Gasteiger partial charge on any atom is 0.0991 e. The molecule has 2 aliphatic carbocycles. The van der Waals surface area contributed by atoms with Gasteiger partial charge in [0.05, 0.1) is 39.5 Å². The molecule has 292 valence electrons. The van der Waals surface area contributed by atoms with Gasteiger partial charge in [-0.3, -0.25) is 0 Å². The predicted molar refractivity (Wildman–Crippen MR) is 259 cm³/mol. The highest BCUT2D eigenvalue weighted by molar-refractivity contribution is 6.25. The van der Waals surface area contributed by atoms with Crippen LogP contribution in [0.5, 0.6) is 0 Å². The SMILES string of the molecule is Cc1c2c(-c3ccccc3)nc3cc(-c4ccc5c(c4)C4(c6ccccc6-c6ccccc64)c4cc(C#N)ccc4-5)ccc3c2c(C)c2c(-c3ccccc3)nc3ccccc3c12. The number of fused-ring (bicyclic) bond motifs is 16. The number of aryl methyl sites for hydroxylation is 2. The Kier molecular flexibility index (Phi) is 7.42. The normalized spacial score (nSPS) is 13.0. The average Bonchev–Trinajstić information content (AvgIpc) is 3.81. The summed E-state index contributed by atoms with van der Waals surface area (Å²) >= 11 is 0. The molecule has 11 aromatic rings. The summed E-state index contributed by atoms with van der Waals surface area (Å²) in [6.07, 6.45) is 0. The molecule has 2 heterocycles. The first-order chi connectivity index (χ1) is 31.0. The largest absolute Gasteiger partial charge is 0.247 e. The Bertz CT molecular complexity index is 3770. The van der Waals surface area contributed by atoms with Crippen LogP contribution in [0, 0.1) is 25.2 Å². The van der Waals surface area contributed by atoms with Gasteiger partial charge in [-0.15, -0.1) is 0 Å². The van der Waals surface area contributed by atoms with Gasteiger partial charge in [0.1, 0.15) is 0 Å². The molecule has 0 bridgehead atoms. The molecular formula is C60H37N3. The summed E-state index contributed by atoms with van der Waals surface area (Å²) in [6, 6.07) is 70.0. The molecule has 2 aliphatic rings. The maximum absolute atomic E-state index is 10.2. The molecule has 13 rings (SSSR count). The lowest BCUT2D eigenvalue weighted by molar-refractivity contribution is 0.793. The first-order valence-electron chi connectivity index (χ1n) is 21.6. The van der Waals surface area contributed by atoms with Crippen LogP contribution in [0.3, 0.4) is 0 Å². The van der Waals surface area contributed by atoms with Crippen molar-refractivity contribution >= 4 is 43.4 Å². The molecule has 0 fully saturated rings. The van der Waals surface area contributed by atoms with Crippen molar-refractivity contribution in [2.75, 3.05) is 0 Å². The molecule has 2 aromatic heterocycles. The number of aromatic nitrogens is 2. The Morgan fingerprint density at radius 1 is 0.381 bits per heavy atom. The van der Waals surface area contributed by atoms with Gasteiger partial charge in [0.2, 0.25) is 0 Å². The molecule has 63 heavy (non-hydrogen) atoms. The molecule has 0 N–H and O–H groups in total. The monoisotopic (exact) mass is 799 g/mol. The van der Waals surface area contributed by atoms with Gasteiger partial charge < -0.3 is 0 Å². The minimum absolute atomic E-state index is 0.559. The molecule has 3 nitrogen and oxygen atoms in total. The fourth-order valence-electron chi connectivity index (χ4n) is 11.4. The number of hydrogen-bond donors (Lipinski definition) is 0. The second-order valence-corrected chi connectivity index (χ2v) is 17.1. The third kappa shape index (κ3) is 4.78. The van der Waals surface area contributed by atoms with Crippen molar-refractivity contribution < 1.29 is 0 Å². The van der Waals surface area contributed by atoms with E-state index in [1.807, 2.05) is 6.07 Å². The topological polar surface area (TPSA) is 49.6 Å². The van der Waals surface area contributed by atoms with Gasteiger partial charge in [0.15, 0.2) is 0 Å². The Hall–Kier alpha value is -8.19. The average molecular weight is 800 g/mol. The van der Waals surface area contributed by atoms with Gasteiger partial charge in [-0.05, 0) is 122 Å². The molecule has 3 heteroatoms. The quantitative estimate of drug-likeness (QED) is 0.132. The van der Waals surface area contributed by atoms with Crippen LogP contribution < -0.4 is 0 Å². The lowest BCUT2D eigenvalue weighted by Crippen LogP contribution is -2.26. The number of para-hydroxylation sites is 1. The summed E-state index contributed by atoms with van der Waals surface area (Å²) in [5, 5.41) is 17.2. The third-order valence-corrected chi connectivity index (χ3v) is 14.0. The number of hydrogen-bond acceptors (Lipinski definition) is 3. The number of nitrogens with zero attached hydrogens (tertiary/aromatic N) is 3. The van der Waals surface area contributed by atoms with E-state index in [0.717, 1.165) is 55.4 Å². The van der Waals surface area contributed by atoms with Crippen molar-refractivity contribution in [1.29, 1.82) is 5.26 Å². The summed E-state index contributed by atoms with van der Waals surface area (Å²) in [5.41, 5.74) is 20.6. The molecule has 0 saturated carbocycles. The molecular weight excluding hydrogens is 763 g/mol. The van der Waals surface area contributed by atoms with E-state index in [1.165, 1.54) is 77.2 Å². The summed E-state index contributed by atoms with van der Waals surface area (Å²) in [6.45, 7) is 4.55. The van der Waals surface area contributed by atoms with Gasteiger partial charge in [0, 0.05) is 32.7 Å². The van der Waals surface area contributed by atoms with E-state index in [2.05, 4.69) is 202 Å². The highest BCUT2D eigenvalue weighted by Crippen LogP contribution is 2.63. The van der Waals surface area contributed by atoms with Gasteiger partial charge in [-0.1, -0.05) is 158 Å². The molecule has 0 amide bonds. The van der Waals surface area contributed by atoms with Gasteiger partial charge >= 0.3 is 0 Å². The lowest BCUT2D eigenvalue weighted by Gasteiger charge is -2.30. The third-order valence-electron chi connectivity index (χ3n) is 14.0. The molecule has 1 spiro atoms. The van der Waals surface area contributed by atoms with Gasteiger partial charge in [-0.2, -0.15) is 5.26 Å². The van der Waals surface area contributed by atoms with E-state index in [1.54, 1.807) is 0 Å². The van der Waals surface area contributed by atoms with Crippen LogP contribution in [0.25, 0.3) is 99.2 Å². The second kappa shape index (κ2) is 13.2. The van der Waals surface area contributed by atoms with Crippen LogP contribution in [-0.2, 0) is 5.41 Å². The van der Waals surface area contributed by atoms with Crippen LogP contribution in [0.4, 0.5) is 0 Å². The van der Waals surface area contributed by atoms with Crippen LogP contribution in [0.1, 0.15) is 38.9 Å². The van der Waals surface area contributed by atoms with Crippen LogP contribution >= 0.6 is 0 Å². The van der Waals surface area contributed by atoms with E-state index in [4.69, 9.17) is 9.97 Å². The van der Waals surface area contributed by atoms with E-state index in [0.29, 0.717) is 5.56 Å². The number of benzene rings is 9. The summed E-state index contributed by atoms with van der Waals surface area (Å²) in [7, 11) is 0. The van der Waals surface area contributed by atoms with Crippen LogP contribution in [-0.4, -0.2) is 9.97 Å². The van der Waals surface area contributed by atoms with Crippen molar-refractivity contribution in [2.24, 2.45) is 0 Å². The smallest absolute Gasteiger partial charge is 0.0991 e. The van der Waals surface area contributed by atoms with Crippen LogP contribution in [0.2, 0.25) is 0 Å². The molecule has 0 saturated heterocycles. The zero-order chi connectivity index (χ0) is 42.0. The Balaban J connectivity index is 1.10. The summed E-state index contributed by atoms with van der Waals surface area (Å²) < 4.78 is 0. The fraction of sp³-hybridized carbons (Fsp3) is 0.0500. The van der Waals surface area contributed by atoms with Crippen LogP contribution in [0.15, 0.2) is 188 Å². The summed E-state index contributed by atoms with van der Waals surface area (Å²) in [5.74, 6) is 0. The standard InChI is InChI=1S/C60H37N3/c1-35-54-46-21-11-14-24-52(46)62-58(38-15-5-3-6-16-38)56(54)36(2)55-47-30-27-41(33-53(47)63-59(57(35)55)39-17-7-4-8-18-39)40-26-29-45-44-28-25-37(34-61)31-50(44)60(51(45)32-40)48-22-12-9-19-42(48)43-20-10-13-23-49(43)60/h3-33H,1-2H3. The molecule has 0 aliphatic heterocycles.